The molecule has 11 nitrogen and oxygen atoms in total. The number of piperazine rings is 1. The molecule has 3 atom stereocenters. The quantitative estimate of drug-likeness (QED) is 0.361. The van der Waals surface area contributed by atoms with Crippen molar-refractivity contribution in [3.05, 3.63) is 59.0 Å². The van der Waals surface area contributed by atoms with Gasteiger partial charge in [-0.2, -0.15) is 19.5 Å². The van der Waals surface area contributed by atoms with Gasteiger partial charge in [0, 0.05) is 47.1 Å². The molecule has 0 aliphatic carbocycles. The van der Waals surface area contributed by atoms with E-state index in [9.17, 15) is 13.7 Å². The van der Waals surface area contributed by atoms with Crippen LogP contribution in [0.2, 0.25) is 5.02 Å². The van der Waals surface area contributed by atoms with Crippen LogP contribution in [0.25, 0.3) is 10.8 Å². The van der Waals surface area contributed by atoms with Crippen molar-refractivity contribution in [3.8, 4) is 23.7 Å². The number of anilines is 1. The molecule has 2 aromatic carbocycles. The van der Waals surface area contributed by atoms with Crippen LogP contribution in [0, 0.1) is 11.3 Å². The zero-order valence-electron chi connectivity index (χ0n) is 23.9. The van der Waals surface area contributed by atoms with E-state index >= 15 is 0 Å². The van der Waals surface area contributed by atoms with Gasteiger partial charge in [0.1, 0.15) is 13.2 Å². The maximum absolute atomic E-state index is 12.7. The molecule has 0 N–H and O–H groups in total. The molecule has 3 aromatic rings. The minimum atomic E-state index is -3.72. The third-order valence-corrected chi connectivity index (χ3v) is 10.2. The molecule has 3 aliphatic rings. The first kappa shape index (κ1) is 29.4. The Hall–Kier alpha value is -3.63. The Kier molecular flexibility index (Phi) is 8.33. The van der Waals surface area contributed by atoms with Gasteiger partial charge in [-0.15, -0.1) is 0 Å². The SMILES string of the molecule is C=CS(=O)(=O)N1CCN(c2nc(OC[C@@H]3CCCN3C)nc3c2OCC(c2cccc4cccc(Cl)c24)O3)C[C@@H]1CC#N. The highest BCUT2D eigenvalue weighted by atomic mass is 35.5. The smallest absolute Gasteiger partial charge is 0.322 e. The van der Waals surface area contributed by atoms with Crippen molar-refractivity contribution >= 4 is 38.2 Å². The summed E-state index contributed by atoms with van der Waals surface area (Å²) in [6.07, 6.45) is 1.64. The fourth-order valence-electron chi connectivity index (χ4n) is 6.05. The van der Waals surface area contributed by atoms with Gasteiger partial charge in [-0.1, -0.05) is 48.5 Å². The Labute approximate surface area is 256 Å². The van der Waals surface area contributed by atoms with Gasteiger partial charge in [0.05, 0.1) is 18.5 Å². The number of halogens is 1. The number of nitriles is 1. The van der Waals surface area contributed by atoms with E-state index in [0.717, 1.165) is 41.1 Å². The average molecular weight is 625 g/mol. The Morgan fingerprint density at radius 3 is 2.74 bits per heavy atom. The topological polar surface area (TPSA) is 121 Å². The maximum Gasteiger partial charge on any atom is 0.322 e. The fourth-order valence-corrected chi connectivity index (χ4v) is 7.43. The molecule has 0 radical (unpaired) electrons. The van der Waals surface area contributed by atoms with E-state index in [1.165, 1.54) is 4.31 Å². The van der Waals surface area contributed by atoms with E-state index in [2.05, 4.69) is 29.6 Å². The first-order chi connectivity index (χ1) is 20.8. The zero-order valence-corrected chi connectivity index (χ0v) is 25.4. The molecule has 43 heavy (non-hydrogen) atoms. The van der Waals surface area contributed by atoms with Gasteiger partial charge < -0.3 is 24.0 Å². The number of likely N-dealkylation sites (tertiary alicyclic amines) is 1. The van der Waals surface area contributed by atoms with Crippen LogP contribution >= 0.6 is 11.6 Å². The number of hydrogen-bond donors (Lipinski definition) is 0. The second kappa shape index (κ2) is 12.2. The van der Waals surface area contributed by atoms with E-state index in [1.54, 1.807) is 0 Å². The van der Waals surface area contributed by atoms with Crippen molar-refractivity contribution in [2.75, 3.05) is 51.3 Å². The molecule has 3 aliphatic heterocycles. The number of sulfonamides is 1. The van der Waals surface area contributed by atoms with Gasteiger partial charge in [0.2, 0.25) is 15.8 Å². The Morgan fingerprint density at radius 1 is 1.19 bits per heavy atom. The lowest BCUT2D eigenvalue weighted by Gasteiger charge is -2.40. The van der Waals surface area contributed by atoms with E-state index in [1.807, 2.05) is 41.3 Å². The molecule has 1 aromatic heterocycles. The van der Waals surface area contributed by atoms with E-state index in [-0.39, 0.29) is 44.0 Å². The first-order valence-electron chi connectivity index (χ1n) is 14.3. The number of ether oxygens (including phenoxy) is 3. The number of likely N-dealkylation sites (N-methyl/N-ethyl adjacent to an activating group) is 1. The van der Waals surface area contributed by atoms with Crippen LogP contribution < -0.4 is 19.1 Å². The normalized spacial score (nSPS) is 22.8. The third kappa shape index (κ3) is 5.82. The molecular formula is C30H33ClN6O5S. The second-order valence-corrected chi connectivity index (χ2v) is 13.2. The molecule has 0 amide bonds. The summed E-state index contributed by atoms with van der Waals surface area (Å²) >= 11 is 6.61. The summed E-state index contributed by atoms with van der Waals surface area (Å²) in [5.41, 5.74) is 0.876. The van der Waals surface area contributed by atoms with Gasteiger partial charge >= 0.3 is 6.01 Å². The summed E-state index contributed by atoms with van der Waals surface area (Å²) in [7, 11) is -1.64. The summed E-state index contributed by atoms with van der Waals surface area (Å²) in [5, 5.41) is 12.9. The third-order valence-electron chi connectivity index (χ3n) is 8.33. The minimum absolute atomic E-state index is 0.00941. The lowest BCUT2D eigenvalue weighted by molar-refractivity contribution is 0.0830. The van der Waals surface area contributed by atoms with Crippen molar-refractivity contribution in [2.45, 2.75) is 37.5 Å². The van der Waals surface area contributed by atoms with Crippen LogP contribution in [0.5, 0.6) is 17.6 Å². The van der Waals surface area contributed by atoms with Crippen molar-refractivity contribution in [3.63, 3.8) is 0 Å². The van der Waals surface area contributed by atoms with Crippen LogP contribution in [-0.2, 0) is 10.0 Å². The molecular weight excluding hydrogens is 592 g/mol. The Bertz CT molecular complexity index is 1680. The van der Waals surface area contributed by atoms with Crippen molar-refractivity contribution < 1.29 is 22.6 Å². The van der Waals surface area contributed by atoms with Gasteiger partial charge in [-0.3, -0.25) is 0 Å². The van der Waals surface area contributed by atoms with E-state index < -0.39 is 22.2 Å². The van der Waals surface area contributed by atoms with Crippen LogP contribution in [0.1, 0.15) is 30.9 Å². The van der Waals surface area contributed by atoms with Gasteiger partial charge in [0.15, 0.2) is 11.9 Å². The Balaban J connectivity index is 1.35. The molecule has 4 heterocycles. The molecule has 226 valence electrons. The summed E-state index contributed by atoms with van der Waals surface area (Å²) in [6, 6.07) is 13.6. The molecule has 0 saturated carbocycles. The maximum atomic E-state index is 12.7. The number of nitrogens with zero attached hydrogens (tertiary/aromatic N) is 6. The fraction of sp³-hybridized carbons (Fsp3) is 0.433. The number of rotatable bonds is 8. The molecule has 13 heteroatoms. The monoisotopic (exact) mass is 624 g/mol. The van der Waals surface area contributed by atoms with Crippen LogP contribution in [0.15, 0.2) is 48.4 Å². The molecule has 0 spiro atoms. The summed E-state index contributed by atoms with van der Waals surface area (Å²) in [5.74, 6) is 1.02. The Morgan fingerprint density at radius 2 is 2.00 bits per heavy atom. The van der Waals surface area contributed by atoms with Crippen molar-refractivity contribution in [1.29, 1.82) is 5.26 Å². The largest absolute Gasteiger partial charge is 0.481 e. The van der Waals surface area contributed by atoms with Crippen LogP contribution in [-0.4, -0.2) is 86.1 Å². The highest BCUT2D eigenvalue weighted by molar-refractivity contribution is 7.92. The first-order valence-corrected chi connectivity index (χ1v) is 16.1. The molecule has 2 fully saturated rings. The van der Waals surface area contributed by atoms with Gasteiger partial charge in [0.25, 0.3) is 5.88 Å². The average Bonchev–Trinajstić information content (AvgIpc) is 3.43. The predicted octanol–water partition coefficient (Wildman–Crippen LogP) is 4.15. The van der Waals surface area contributed by atoms with Crippen LogP contribution in [0.3, 0.4) is 0 Å². The molecule has 6 rings (SSSR count). The molecule has 1 unspecified atom stereocenters. The summed E-state index contributed by atoms with van der Waals surface area (Å²) in [6.45, 7) is 5.76. The summed E-state index contributed by atoms with van der Waals surface area (Å²) < 4.78 is 45.6. The van der Waals surface area contributed by atoms with Crippen molar-refractivity contribution in [2.24, 2.45) is 0 Å². The number of fused-ring (bicyclic) bond motifs is 2. The van der Waals surface area contributed by atoms with Gasteiger partial charge in [-0.25, -0.2) is 8.42 Å². The van der Waals surface area contributed by atoms with Crippen molar-refractivity contribution in [1.82, 2.24) is 19.2 Å². The summed E-state index contributed by atoms with van der Waals surface area (Å²) in [4.78, 5) is 13.5. The van der Waals surface area contributed by atoms with E-state index in [4.69, 9.17) is 30.8 Å². The van der Waals surface area contributed by atoms with Gasteiger partial charge in [-0.05, 0) is 37.9 Å². The molecule has 0 bridgehead atoms. The highest BCUT2D eigenvalue weighted by Gasteiger charge is 2.38. The number of benzene rings is 2. The lowest BCUT2D eigenvalue weighted by Crippen LogP contribution is -2.55. The second-order valence-electron chi connectivity index (χ2n) is 10.9. The predicted molar refractivity (Wildman–Crippen MR) is 163 cm³/mol. The van der Waals surface area contributed by atoms with E-state index in [0.29, 0.717) is 29.7 Å². The standard InChI is InChI=1S/C30H33ClN6O5S/c1-3-43(38,39)37-16-15-36(17-21(37)12-13-32)28-27-29(34-30(33-28)41-18-22-9-6-14-35(22)2)42-25(19-40-27)23-10-4-7-20-8-5-11-24(31)26(20)23/h3-5,7-8,10-11,21-22,25H,1,6,9,12,14-19H2,2H3/t21-,22-,25?/m0/s1. The number of aromatic nitrogens is 2. The van der Waals surface area contributed by atoms with Crippen LogP contribution in [0.4, 0.5) is 5.82 Å². The highest BCUT2D eigenvalue weighted by Crippen LogP contribution is 2.44. The lowest BCUT2D eigenvalue weighted by atomic mass is 10.00. The molecule has 2 saturated heterocycles. The zero-order chi connectivity index (χ0) is 30.1. The number of hydrogen-bond acceptors (Lipinski definition) is 10. The minimum Gasteiger partial charge on any atom is -0.481 e.